The van der Waals surface area contributed by atoms with Crippen molar-refractivity contribution in [1.29, 1.82) is 0 Å². The second kappa shape index (κ2) is 8.68. The van der Waals surface area contributed by atoms with E-state index in [9.17, 15) is 9.59 Å². The van der Waals surface area contributed by atoms with Crippen molar-refractivity contribution in [2.24, 2.45) is 0 Å². The molecule has 5 rings (SSSR count). The first-order valence-corrected chi connectivity index (χ1v) is 12.7. The van der Waals surface area contributed by atoms with Gasteiger partial charge in [-0.05, 0) is 53.9 Å². The molecule has 32 heavy (non-hydrogen) atoms. The summed E-state index contributed by atoms with van der Waals surface area (Å²) in [6.07, 6.45) is 0.391. The molecule has 0 bridgehead atoms. The van der Waals surface area contributed by atoms with Gasteiger partial charge < -0.3 is 9.47 Å². The molecule has 8 heteroatoms. The third-order valence-electron chi connectivity index (χ3n) is 5.41. The number of imide groups is 1. The van der Waals surface area contributed by atoms with Crippen molar-refractivity contribution in [3.05, 3.63) is 87.6 Å². The van der Waals surface area contributed by atoms with Gasteiger partial charge in [-0.1, -0.05) is 53.7 Å². The summed E-state index contributed by atoms with van der Waals surface area (Å²) in [7, 11) is 0. The van der Waals surface area contributed by atoms with Gasteiger partial charge in [0, 0.05) is 16.9 Å². The van der Waals surface area contributed by atoms with Crippen molar-refractivity contribution in [3.8, 4) is 0 Å². The Morgan fingerprint density at radius 3 is 2.47 bits per heavy atom. The zero-order valence-electron chi connectivity index (χ0n) is 17.3. The highest BCUT2D eigenvalue weighted by Crippen LogP contribution is 2.48. The summed E-state index contributed by atoms with van der Waals surface area (Å²) in [5.74, 6) is -1.20. The Kier molecular flexibility index (Phi) is 5.90. The predicted molar refractivity (Wildman–Crippen MR) is 128 cm³/mol. The minimum atomic E-state index is -0.974. The molecule has 2 aliphatic rings. The summed E-state index contributed by atoms with van der Waals surface area (Å²) >= 11 is 4.06. The zero-order valence-corrected chi connectivity index (χ0v) is 19.8. The van der Waals surface area contributed by atoms with Gasteiger partial charge in [0.05, 0.1) is 18.1 Å². The number of thioether (sulfide) groups is 2. The quantitative estimate of drug-likeness (QED) is 0.512. The van der Waals surface area contributed by atoms with Crippen LogP contribution in [0.15, 0.2) is 70.9 Å². The number of ether oxygens (including phenoxy) is 2. The lowest BCUT2D eigenvalue weighted by Gasteiger charge is -2.28. The largest absolute Gasteiger partial charge is 0.339 e. The highest BCUT2D eigenvalue weighted by atomic mass is 32.2. The molecule has 2 amide bonds. The van der Waals surface area contributed by atoms with Gasteiger partial charge in [0.1, 0.15) is 0 Å². The normalized spacial score (nSPS) is 22.3. The number of hydrogen-bond acceptors (Lipinski definition) is 7. The molecular formula is C24H21NO4S3. The van der Waals surface area contributed by atoms with Crippen LogP contribution in [0.5, 0.6) is 0 Å². The van der Waals surface area contributed by atoms with Crippen molar-refractivity contribution in [3.63, 3.8) is 0 Å². The molecule has 5 nitrogen and oxygen atoms in total. The van der Waals surface area contributed by atoms with Gasteiger partial charge in [0.2, 0.25) is 5.79 Å². The van der Waals surface area contributed by atoms with E-state index in [-0.39, 0.29) is 11.1 Å². The number of rotatable bonds is 6. The van der Waals surface area contributed by atoms with Crippen LogP contribution in [-0.2, 0) is 26.5 Å². The molecule has 3 aromatic rings. The zero-order chi connectivity index (χ0) is 22.2. The van der Waals surface area contributed by atoms with Gasteiger partial charge in [-0.25, -0.2) is 0 Å². The number of nitrogens with one attached hydrogen (secondary N) is 1. The summed E-state index contributed by atoms with van der Waals surface area (Å²) in [6.45, 7) is 3.05. The van der Waals surface area contributed by atoms with Crippen LogP contribution in [0.3, 0.4) is 0 Å². The van der Waals surface area contributed by atoms with Crippen molar-refractivity contribution in [2.45, 2.75) is 28.1 Å². The molecule has 1 unspecified atom stereocenters. The minimum Gasteiger partial charge on any atom is -0.339 e. The summed E-state index contributed by atoms with van der Waals surface area (Å²) in [5.41, 5.74) is 2.97. The van der Waals surface area contributed by atoms with Gasteiger partial charge >= 0.3 is 0 Å². The standard InChI is InChI=1S/C24H21NO4S3/c1-16-7-9-19(10-8-16)31-23(21(26)25-22(27)32-23)15-17-4-2-5-18(14-17)24(28-11-12-29-24)20-6-3-13-30-20/h2-10,13-14H,11-12,15H2,1H3,(H,25,26,27). The Bertz CT molecular complexity index is 1140. The fraction of sp³-hybridized carbons (Fsp3) is 0.250. The molecule has 2 saturated heterocycles. The second-order valence-corrected chi connectivity index (χ2v) is 11.5. The molecule has 2 aromatic carbocycles. The lowest BCUT2D eigenvalue weighted by molar-refractivity contribution is -0.127. The lowest BCUT2D eigenvalue weighted by atomic mass is 9.99. The molecule has 2 aliphatic heterocycles. The Hall–Kier alpha value is -2.10. The second-order valence-electron chi connectivity index (χ2n) is 7.68. The number of amides is 2. The smallest absolute Gasteiger partial charge is 0.287 e. The molecule has 0 spiro atoms. The number of hydrogen-bond donors (Lipinski definition) is 1. The van der Waals surface area contributed by atoms with Crippen LogP contribution in [-0.4, -0.2) is 28.4 Å². The van der Waals surface area contributed by atoms with Crippen molar-refractivity contribution >= 4 is 46.0 Å². The number of carbonyl (C=O) groups is 2. The highest BCUT2D eigenvalue weighted by molar-refractivity contribution is 8.27. The fourth-order valence-electron chi connectivity index (χ4n) is 3.91. The Morgan fingerprint density at radius 2 is 1.81 bits per heavy atom. The average Bonchev–Trinajstić information content (AvgIpc) is 3.52. The first-order chi connectivity index (χ1) is 15.5. The maximum atomic E-state index is 13.0. The van der Waals surface area contributed by atoms with E-state index in [1.807, 2.05) is 73.0 Å². The molecular weight excluding hydrogens is 462 g/mol. The van der Waals surface area contributed by atoms with Crippen molar-refractivity contribution in [2.75, 3.05) is 13.2 Å². The minimum absolute atomic E-state index is 0.273. The summed E-state index contributed by atoms with van der Waals surface area (Å²) in [5, 5.41) is 4.16. The Balaban J connectivity index is 1.49. The predicted octanol–water partition coefficient (Wildman–Crippen LogP) is 5.32. The van der Waals surface area contributed by atoms with E-state index in [1.165, 1.54) is 11.8 Å². The third kappa shape index (κ3) is 4.02. The van der Waals surface area contributed by atoms with Crippen LogP contribution >= 0.6 is 34.9 Å². The van der Waals surface area contributed by atoms with Gasteiger partial charge in [-0.3, -0.25) is 14.9 Å². The van der Waals surface area contributed by atoms with Gasteiger partial charge in [-0.15, -0.1) is 11.3 Å². The van der Waals surface area contributed by atoms with E-state index in [2.05, 4.69) is 5.32 Å². The third-order valence-corrected chi connectivity index (χ3v) is 8.97. The van der Waals surface area contributed by atoms with Crippen LogP contribution < -0.4 is 5.32 Å². The van der Waals surface area contributed by atoms with E-state index < -0.39 is 9.87 Å². The summed E-state index contributed by atoms with van der Waals surface area (Å²) < 4.78 is 11.2. The number of thiophene rings is 1. The van der Waals surface area contributed by atoms with Gasteiger partial charge in [0.15, 0.2) is 4.08 Å². The number of benzene rings is 2. The first kappa shape index (κ1) is 21.7. The number of carbonyl (C=O) groups excluding carboxylic acids is 2. The number of aryl methyl sites for hydroxylation is 1. The maximum Gasteiger partial charge on any atom is 0.287 e. The van der Waals surface area contributed by atoms with Crippen LogP contribution in [0.25, 0.3) is 0 Å². The van der Waals surface area contributed by atoms with Crippen LogP contribution in [0, 0.1) is 6.92 Å². The monoisotopic (exact) mass is 483 g/mol. The summed E-state index contributed by atoms with van der Waals surface area (Å²) in [4.78, 5) is 27.0. The van der Waals surface area contributed by atoms with Gasteiger partial charge in [0.25, 0.3) is 11.1 Å². The molecule has 0 radical (unpaired) electrons. The van der Waals surface area contributed by atoms with Gasteiger partial charge in [-0.2, -0.15) is 0 Å². The fourth-order valence-corrected chi connectivity index (χ4v) is 7.31. The topological polar surface area (TPSA) is 64.6 Å². The van der Waals surface area contributed by atoms with E-state index in [4.69, 9.17) is 9.47 Å². The van der Waals surface area contributed by atoms with E-state index >= 15 is 0 Å². The Morgan fingerprint density at radius 1 is 1.03 bits per heavy atom. The lowest BCUT2D eigenvalue weighted by Crippen LogP contribution is -2.35. The highest BCUT2D eigenvalue weighted by Gasteiger charge is 2.49. The van der Waals surface area contributed by atoms with Crippen molar-refractivity contribution in [1.82, 2.24) is 5.32 Å². The van der Waals surface area contributed by atoms with E-state index in [0.717, 1.165) is 38.2 Å². The molecule has 164 valence electrons. The first-order valence-electron chi connectivity index (χ1n) is 10.2. The van der Waals surface area contributed by atoms with E-state index in [0.29, 0.717) is 19.6 Å². The Labute approximate surface area is 198 Å². The molecule has 2 fully saturated rings. The van der Waals surface area contributed by atoms with Crippen molar-refractivity contribution < 1.29 is 19.1 Å². The molecule has 0 aliphatic carbocycles. The van der Waals surface area contributed by atoms with E-state index in [1.54, 1.807) is 11.3 Å². The van der Waals surface area contributed by atoms with Crippen LogP contribution in [0.1, 0.15) is 21.6 Å². The molecule has 1 atom stereocenters. The van der Waals surface area contributed by atoms with Crippen LogP contribution in [0.2, 0.25) is 0 Å². The SMILES string of the molecule is Cc1ccc(SC2(Cc3cccc(C4(c5cccs5)OCCO4)c3)SC(=O)NC2=O)cc1. The molecule has 0 saturated carbocycles. The summed E-state index contributed by atoms with van der Waals surface area (Å²) in [6, 6.07) is 19.9. The van der Waals surface area contributed by atoms with Crippen LogP contribution in [0.4, 0.5) is 4.79 Å². The average molecular weight is 484 g/mol. The maximum absolute atomic E-state index is 13.0. The molecule has 1 aromatic heterocycles. The molecule has 3 heterocycles. The molecule has 1 N–H and O–H groups in total.